The third-order valence-electron chi connectivity index (χ3n) is 6.27. The van der Waals surface area contributed by atoms with Gasteiger partial charge in [-0.25, -0.2) is 4.99 Å². The molecule has 1 aliphatic rings. The Hall–Kier alpha value is -2.83. The molecule has 0 amide bonds. The summed E-state index contributed by atoms with van der Waals surface area (Å²) in [6.45, 7) is 11.3. The summed E-state index contributed by atoms with van der Waals surface area (Å²) in [5, 5.41) is 10.4. The standard InChI is InChI=1S/C27H33Cl2N5O3/c1-18(17-30)27(32-23-16-24(35-4)21(29)14-20(23)28)19-13-25(36-5)26(15-22(19)31-2)37-12-6-7-34-10-8-33(3)9-11-34/h13-16,18H,2,6-12H2,1,3-5H3. The van der Waals surface area contributed by atoms with Crippen LogP contribution in [-0.4, -0.2) is 82.8 Å². The average molecular weight is 546 g/mol. The lowest BCUT2D eigenvalue weighted by Crippen LogP contribution is -2.44. The van der Waals surface area contributed by atoms with Crippen LogP contribution in [0.25, 0.3) is 0 Å². The number of nitrogens with zero attached hydrogens (tertiary/aromatic N) is 5. The predicted molar refractivity (Wildman–Crippen MR) is 150 cm³/mol. The van der Waals surface area contributed by atoms with E-state index in [1.54, 1.807) is 38.3 Å². The molecule has 0 aromatic heterocycles. The number of piperazine rings is 1. The van der Waals surface area contributed by atoms with Crippen molar-refractivity contribution in [1.82, 2.24) is 9.80 Å². The molecule has 0 aliphatic carbocycles. The molecule has 0 spiro atoms. The molecule has 37 heavy (non-hydrogen) atoms. The smallest absolute Gasteiger partial charge is 0.163 e. The second kappa shape index (κ2) is 13.6. The summed E-state index contributed by atoms with van der Waals surface area (Å²) in [5.74, 6) is 0.911. The van der Waals surface area contributed by atoms with E-state index in [-0.39, 0.29) is 0 Å². The maximum Gasteiger partial charge on any atom is 0.163 e. The van der Waals surface area contributed by atoms with Crippen LogP contribution in [0.15, 0.2) is 34.3 Å². The normalized spacial score (nSPS) is 15.6. The Balaban J connectivity index is 1.88. The zero-order valence-corrected chi connectivity index (χ0v) is 23.3. The van der Waals surface area contributed by atoms with Gasteiger partial charge in [0.05, 0.1) is 59.9 Å². The lowest BCUT2D eigenvalue weighted by atomic mass is 9.97. The molecule has 2 aromatic rings. The van der Waals surface area contributed by atoms with Gasteiger partial charge in [-0.05, 0) is 39.2 Å². The van der Waals surface area contributed by atoms with Gasteiger partial charge < -0.3 is 24.0 Å². The van der Waals surface area contributed by atoms with Gasteiger partial charge >= 0.3 is 0 Å². The van der Waals surface area contributed by atoms with Gasteiger partial charge in [0, 0.05) is 50.4 Å². The van der Waals surface area contributed by atoms with Gasteiger partial charge in [-0.15, -0.1) is 0 Å². The Morgan fingerprint density at radius 3 is 2.32 bits per heavy atom. The van der Waals surface area contributed by atoms with Crippen molar-refractivity contribution in [2.75, 3.05) is 60.6 Å². The summed E-state index contributed by atoms with van der Waals surface area (Å²) in [7, 11) is 5.23. The monoisotopic (exact) mass is 545 g/mol. The number of rotatable bonds is 11. The van der Waals surface area contributed by atoms with E-state index in [1.165, 1.54) is 7.11 Å². The van der Waals surface area contributed by atoms with Gasteiger partial charge in [0.25, 0.3) is 0 Å². The number of hydrogen-bond donors (Lipinski definition) is 0. The van der Waals surface area contributed by atoms with Crippen LogP contribution < -0.4 is 14.2 Å². The van der Waals surface area contributed by atoms with Crippen LogP contribution >= 0.6 is 23.2 Å². The van der Waals surface area contributed by atoms with E-state index < -0.39 is 5.92 Å². The van der Waals surface area contributed by atoms with Gasteiger partial charge in [0.15, 0.2) is 11.5 Å². The van der Waals surface area contributed by atoms with Gasteiger partial charge in [-0.2, -0.15) is 5.26 Å². The van der Waals surface area contributed by atoms with Crippen LogP contribution in [0, 0.1) is 17.2 Å². The molecule has 198 valence electrons. The fourth-order valence-electron chi connectivity index (χ4n) is 4.04. The Labute approximate surface area is 229 Å². The second-order valence-corrected chi connectivity index (χ2v) is 9.63. The summed E-state index contributed by atoms with van der Waals surface area (Å²) in [5.41, 5.74) is 1.98. The number of hydrogen-bond acceptors (Lipinski definition) is 8. The number of ether oxygens (including phenoxy) is 3. The minimum Gasteiger partial charge on any atom is -0.495 e. The maximum atomic E-state index is 9.75. The molecule has 0 saturated carbocycles. The lowest BCUT2D eigenvalue weighted by Gasteiger charge is -2.32. The summed E-state index contributed by atoms with van der Waals surface area (Å²) in [6, 6.07) is 8.97. The minimum absolute atomic E-state index is 0.328. The van der Waals surface area contributed by atoms with Crippen molar-refractivity contribution in [1.29, 1.82) is 5.26 Å². The van der Waals surface area contributed by atoms with Crippen LogP contribution in [0.2, 0.25) is 10.0 Å². The highest BCUT2D eigenvalue weighted by molar-refractivity contribution is 6.37. The van der Waals surface area contributed by atoms with Crippen LogP contribution in [0.4, 0.5) is 11.4 Å². The number of likely N-dealkylation sites (N-methyl/N-ethyl adjacent to an activating group) is 1. The third-order valence-corrected chi connectivity index (χ3v) is 6.86. The molecule has 0 bridgehead atoms. The van der Waals surface area contributed by atoms with Crippen molar-refractivity contribution in [2.24, 2.45) is 15.9 Å². The third kappa shape index (κ3) is 7.36. The molecule has 1 fully saturated rings. The van der Waals surface area contributed by atoms with E-state index in [0.29, 0.717) is 56.6 Å². The zero-order chi connectivity index (χ0) is 26.9. The quantitative estimate of drug-likeness (QED) is 0.268. The first kappa shape index (κ1) is 28.7. The summed E-state index contributed by atoms with van der Waals surface area (Å²) >= 11 is 12.6. The SMILES string of the molecule is C=Nc1cc(OCCCN2CCN(C)CC2)c(OC)cc1C(=Nc1cc(OC)c(Cl)cc1Cl)C(C)C#N. The van der Waals surface area contributed by atoms with E-state index in [1.807, 2.05) is 0 Å². The number of aliphatic imine (C=N–C) groups is 2. The Morgan fingerprint density at radius 2 is 1.70 bits per heavy atom. The topological polar surface area (TPSA) is 82.7 Å². The van der Waals surface area contributed by atoms with Gasteiger partial charge in [-0.3, -0.25) is 4.99 Å². The Kier molecular flexibility index (Phi) is 10.6. The molecule has 3 rings (SSSR count). The largest absolute Gasteiger partial charge is 0.495 e. The van der Waals surface area contributed by atoms with Crippen LogP contribution in [0.3, 0.4) is 0 Å². The molecular formula is C27H33Cl2N5O3. The zero-order valence-electron chi connectivity index (χ0n) is 21.8. The van der Waals surface area contributed by atoms with Crippen LogP contribution in [-0.2, 0) is 0 Å². The van der Waals surface area contributed by atoms with Crippen LogP contribution in [0.5, 0.6) is 17.2 Å². The molecule has 1 saturated heterocycles. The molecule has 0 radical (unpaired) electrons. The van der Waals surface area contributed by atoms with Crippen molar-refractivity contribution in [3.05, 3.63) is 39.9 Å². The molecule has 10 heteroatoms. The van der Waals surface area contributed by atoms with E-state index in [9.17, 15) is 5.26 Å². The molecule has 1 atom stereocenters. The minimum atomic E-state index is -0.585. The van der Waals surface area contributed by atoms with Crippen molar-refractivity contribution in [3.63, 3.8) is 0 Å². The fourth-order valence-corrected chi connectivity index (χ4v) is 4.54. The first-order chi connectivity index (χ1) is 17.8. The van der Waals surface area contributed by atoms with Gasteiger partial charge in [0.1, 0.15) is 5.75 Å². The van der Waals surface area contributed by atoms with E-state index in [2.05, 4.69) is 34.6 Å². The number of nitriles is 1. The summed E-state index contributed by atoms with van der Waals surface area (Å²) in [6.07, 6.45) is 0.889. The first-order valence-electron chi connectivity index (χ1n) is 12.0. The van der Waals surface area contributed by atoms with Gasteiger partial charge in [0.2, 0.25) is 0 Å². The summed E-state index contributed by atoms with van der Waals surface area (Å²) < 4.78 is 17.0. The molecule has 1 aliphatic heterocycles. The highest BCUT2D eigenvalue weighted by Gasteiger charge is 2.21. The molecule has 8 nitrogen and oxygen atoms in total. The number of methoxy groups -OCH3 is 2. The number of halogens is 2. The predicted octanol–water partition coefficient (Wildman–Crippen LogP) is 5.64. The second-order valence-electron chi connectivity index (χ2n) is 8.81. The fraction of sp³-hybridized carbons (Fsp3) is 0.444. The van der Waals surface area contributed by atoms with Crippen LogP contribution in [0.1, 0.15) is 18.9 Å². The molecule has 0 N–H and O–H groups in total. The lowest BCUT2D eigenvalue weighted by molar-refractivity contribution is 0.145. The highest BCUT2D eigenvalue weighted by atomic mass is 35.5. The van der Waals surface area contributed by atoms with E-state index in [4.69, 9.17) is 42.4 Å². The van der Waals surface area contributed by atoms with Crippen molar-refractivity contribution in [3.8, 4) is 23.3 Å². The average Bonchev–Trinajstić information content (AvgIpc) is 2.91. The Bertz CT molecular complexity index is 1170. The summed E-state index contributed by atoms with van der Waals surface area (Å²) in [4.78, 5) is 13.7. The van der Waals surface area contributed by atoms with E-state index >= 15 is 0 Å². The molecule has 1 heterocycles. The Morgan fingerprint density at radius 1 is 1.03 bits per heavy atom. The first-order valence-corrected chi connectivity index (χ1v) is 12.8. The van der Waals surface area contributed by atoms with E-state index in [0.717, 1.165) is 39.1 Å². The molecule has 2 aromatic carbocycles. The number of benzene rings is 2. The molecular weight excluding hydrogens is 513 g/mol. The highest BCUT2D eigenvalue weighted by Crippen LogP contribution is 2.39. The van der Waals surface area contributed by atoms with Crippen molar-refractivity contribution >= 4 is 47.0 Å². The van der Waals surface area contributed by atoms with Gasteiger partial charge in [-0.1, -0.05) is 23.2 Å². The maximum absolute atomic E-state index is 9.75. The van der Waals surface area contributed by atoms with Crippen molar-refractivity contribution in [2.45, 2.75) is 13.3 Å². The molecule has 1 unspecified atom stereocenters. The van der Waals surface area contributed by atoms with Crippen molar-refractivity contribution < 1.29 is 14.2 Å².